The standard InChI is InChI=1S/C15H21BrIN/c1-2-9-18-15(8-5-11-3-4-11)13-10-12(17)6-7-14(13)16/h6-7,10-11,15,18H,2-5,8-9H2,1H3. The van der Waals surface area contributed by atoms with E-state index in [1.54, 1.807) is 0 Å². The van der Waals surface area contributed by atoms with Gasteiger partial charge in [-0.15, -0.1) is 0 Å². The molecular formula is C15H21BrIN. The van der Waals surface area contributed by atoms with Crippen LogP contribution in [0.5, 0.6) is 0 Å². The summed E-state index contributed by atoms with van der Waals surface area (Å²) in [6, 6.07) is 7.15. The quantitative estimate of drug-likeness (QED) is 0.590. The highest BCUT2D eigenvalue weighted by atomic mass is 127. The Bertz CT molecular complexity index is 390. The van der Waals surface area contributed by atoms with Gasteiger partial charge in [-0.25, -0.2) is 0 Å². The molecule has 1 fully saturated rings. The Morgan fingerprint density at radius 3 is 2.89 bits per heavy atom. The smallest absolute Gasteiger partial charge is 0.0331 e. The molecule has 0 bridgehead atoms. The van der Waals surface area contributed by atoms with Gasteiger partial charge in [0.2, 0.25) is 0 Å². The molecule has 1 unspecified atom stereocenters. The van der Waals surface area contributed by atoms with Gasteiger partial charge in [-0.3, -0.25) is 0 Å². The summed E-state index contributed by atoms with van der Waals surface area (Å²) in [7, 11) is 0. The van der Waals surface area contributed by atoms with Crippen molar-refractivity contribution < 1.29 is 0 Å². The van der Waals surface area contributed by atoms with Crippen molar-refractivity contribution in [3.8, 4) is 0 Å². The first-order valence-electron chi connectivity index (χ1n) is 6.89. The van der Waals surface area contributed by atoms with Crippen LogP contribution in [-0.2, 0) is 0 Å². The molecule has 0 aromatic heterocycles. The van der Waals surface area contributed by atoms with Crippen LogP contribution in [-0.4, -0.2) is 6.54 Å². The molecule has 1 aromatic carbocycles. The summed E-state index contributed by atoms with van der Waals surface area (Å²) in [4.78, 5) is 0. The fourth-order valence-electron chi connectivity index (χ4n) is 2.28. The maximum atomic E-state index is 3.70. The van der Waals surface area contributed by atoms with Crippen molar-refractivity contribution in [1.82, 2.24) is 5.32 Å². The van der Waals surface area contributed by atoms with Gasteiger partial charge in [0.25, 0.3) is 0 Å². The summed E-state index contributed by atoms with van der Waals surface area (Å²) in [6.45, 7) is 3.34. The van der Waals surface area contributed by atoms with Gasteiger partial charge in [0.05, 0.1) is 0 Å². The lowest BCUT2D eigenvalue weighted by Crippen LogP contribution is -2.22. The maximum absolute atomic E-state index is 3.70. The molecule has 0 saturated heterocycles. The molecule has 100 valence electrons. The highest BCUT2D eigenvalue weighted by Crippen LogP contribution is 2.37. The van der Waals surface area contributed by atoms with E-state index in [1.807, 2.05) is 0 Å². The molecule has 1 aliphatic carbocycles. The fourth-order valence-corrected chi connectivity index (χ4v) is 3.31. The van der Waals surface area contributed by atoms with E-state index in [0.717, 1.165) is 12.5 Å². The largest absolute Gasteiger partial charge is 0.310 e. The fraction of sp³-hybridized carbons (Fsp3) is 0.600. The van der Waals surface area contributed by atoms with E-state index < -0.39 is 0 Å². The third-order valence-electron chi connectivity index (χ3n) is 3.53. The molecule has 3 heteroatoms. The molecule has 0 radical (unpaired) electrons. The van der Waals surface area contributed by atoms with Crippen LogP contribution in [0.15, 0.2) is 22.7 Å². The Morgan fingerprint density at radius 2 is 2.22 bits per heavy atom. The SMILES string of the molecule is CCCNC(CCC1CC1)c1cc(I)ccc1Br. The van der Waals surface area contributed by atoms with Crippen molar-refractivity contribution in [2.45, 2.75) is 45.1 Å². The average Bonchev–Trinajstić information content (AvgIpc) is 3.17. The van der Waals surface area contributed by atoms with Crippen LogP contribution < -0.4 is 5.32 Å². The van der Waals surface area contributed by atoms with Gasteiger partial charge in [-0.2, -0.15) is 0 Å². The van der Waals surface area contributed by atoms with Crippen molar-refractivity contribution in [2.75, 3.05) is 6.54 Å². The Balaban J connectivity index is 2.06. The van der Waals surface area contributed by atoms with Crippen LogP contribution in [0.3, 0.4) is 0 Å². The highest BCUT2D eigenvalue weighted by Gasteiger charge is 2.23. The zero-order valence-corrected chi connectivity index (χ0v) is 14.6. The Hall–Kier alpha value is 0.390. The second-order valence-corrected chi connectivity index (χ2v) is 7.29. The van der Waals surface area contributed by atoms with E-state index in [0.29, 0.717) is 6.04 Å². The van der Waals surface area contributed by atoms with Crippen LogP contribution in [0.1, 0.15) is 50.6 Å². The zero-order chi connectivity index (χ0) is 13.0. The number of halogens is 2. The minimum Gasteiger partial charge on any atom is -0.310 e. The summed E-state index contributed by atoms with van der Waals surface area (Å²) in [6.07, 6.45) is 6.74. The lowest BCUT2D eigenvalue weighted by Gasteiger charge is -2.20. The summed E-state index contributed by atoms with van der Waals surface area (Å²) in [5.74, 6) is 1.01. The highest BCUT2D eigenvalue weighted by molar-refractivity contribution is 14.1. The van der Waals surface area contributed by atoms with Gasteiger partial charge in [-0.05, 0) is 78.1 Å². The summed E-state index contributed by atoms with van der Waals surface area (Å²) in [5.41, 5.74) is 1.43. The number of hydrogen-bond acceptors (Lipinski definition) is 1. The van der Waals surface area contributed by atoms with E-state index in [2.05, 4.69) is 69.0 Å². The molecule has 18 heavy (non-hydrogen) atoms. The number of rotatable bonds is 7. The maximum Gasteiger partial charge on any atom is 0.0331 e. The molecule has 1 aromatic rings. The molecule has 0 aliphatic heterocycles. The van der Waals surface area contributed by atoms with E-state index in [4.69, 9.17) is 0 Å². The predicted octanol–water partition coefficient (Wildman–Crippen LogP) is 5.28. The summed E-state index contributed by atoms with van der Waals surface area (Å²) >= 11 is 6.10. The zero-order valence-electron chi connectivity index (χ0n) is 10.9. The third-order valence-corrected chi connectivity index (χ3v) is 4.93. The Kier molecular flexibility index (Phi) is 5.96. The normalized spacial score (nSPS) is 16.8. The Morgan fingerprint density at radius 1 is 1.44 bits per heavy atom. The molecule has 0 heterocycles. The van der Waals surface area contributed by atoms with Gasteiger partial charge >= 0.3 is 0 Å². The van der Waals surface area contributed by atoms with Gasteiger partial charge in [-0.1, -0.05) is 35.7 Å². The van der Waals surface area contributed by atoms with E-state index >= 15 is 0 Å². The summed E-state index contributed by atoms with van der Waals surface area (Å²) in [5, 5.41) is 3.70. The number of nitrogens with one attached hydrogen (secondary N) is 1. The number of hydrogen-bond donors (Lipinski definition) is 1. The van der Waals surface area contributed by atoms with E-state index in [9.17, 15) is 0 Å². The van der Waals surface area contributed by atoms with Crippen LogP contribution in [0, 0.1) is 9.49 Å². The predicted molar refractivity (Wildman–Crippen MR) is 89.9 cm³/mol. The van der Waals surface area contributed by atoms with Crippen molar-refractivity contribution in [3.63, 3.8) is 0 Å². The van der Waals surface area contributed by atoms with E-state index in [-0.39, 0.29) is 0 Å². The minimum atomic E-state index is 0.509. The van der Waals surface area contributed by atoms with Crippen LogP contribution in [0.2, 0.25) is 0 Å². The monoisotopic (exact) mass is 421 g/mol. The molecule has 2 rings (SSSR count). The van der Waals surface area contributed by atoms with Crippen molar-refractivity contribution in [3.05, 3.63) is 31.8 Å². The molecule has 0 spiro atoms. The molecule has 1 atom stereocenters. The topological polar surface area (TPSA) is 12.0 Å². The molecule has 1 aliphatic rings. The summed E-state index contributed by atoms with van der Waals surface area (Å²) < 4.78 is 2.56. The lowest BCUT2D eigenvalue weighted by molar-refractivity contribution is 0.468. The lowest BCUT2D eigenvalue weighted by atomic mass is 10.0. The van der Waals surface area contributed by atoms with Gasteiger partial charge in [0, 0.05) is 14.1 Å². The second kappa shape index (κ2) is 7.25. The molecule has 0 amide bonds. The van der Waals surface area contributed by atoms with Gasteiger partial charge in [0.1, 0.15) is 0 Å². The Labute approximate surface area is 132 Å². The van der Waals surface area contributed by atoms with Gasteiger partial charge in [0.15, 0.2) is 0 Å². The first-order valence-corrected chi connectivity index (χ1v) is 8.76. The molecule has 1 saturated carbocycles. The van der Waals surface area contributed by atoms with E-state index in [1.165, 1.54) is 45.7 Å². The minimum absolute atomic E-state index is 0.509. The van der Waals surface area contributed by atoms with Crippen molar-refractivity contribution in [2.24, 2.45) is 5.92 Å². The molecule has 1 N–H and O–H groups in total. The van der Waals surface area contributed by atoms with Gasteiger partial charge < -0.3 is 5.32 Å². The van der Waals surface area contributed by atoms with Crippen LogP contribution in [0.4, 0.5) is 0 Å². The second-order valence-electron chi connectivity index (χ2n) is 5.19. The number of benzene rings is 1. The average molecular weight is 422 g/mol. The van der Waals surface area contributed by atoms with Crippen molar-refractivity contribution >= 4 is 38.5 Å². The molecule has 1 nitrogen and oxygen atoms in total. The van der Waals surface area contributed by atoms with Crippen LogP contribution in [0.25, 0.3) is 0 Å². The molecular weight excluding hydrogens is 401 g/mol. The first kappa shape index (κ1) is 14.8. The third kappa shape index (κ3) is 4.49. The van der Waals surface area contributed by atoms with Crippen LogP contribution >= 0.6 is 38.5 Å². The first-order chi connectivity index (χ1) is 8.70. The van der Waals surface area contributed by atoms with Crippen molar-refractivity contribution in [1.29, 1.82) is 0 Å².